The fraction of sp³-hybridized carbons (Fsp3) is 0. The summed E-state index contributed by atoms with van der Waals surface area (Å²) in [6, 6.07) is 11.8. The molecule has 16 heavy (non-hydrogen) atoms. The van der Waals surface area contributed by atoms with E-state index in [4.69, 9.17) is 0 Å². The highest BCUT2D eigenvalue weighted by Gasteiger charge is 1.84. The monoisotopic (exact) mass is 209 g/mol. The quantitative estimate of drug-likeness (QED) is 0.729. The molecule has 2 rings (SSSR count). The maximum absolute atomic E-state index is 4.09. The van der Waals surface area contributed by atoms with Crippen LogP contribution in [-0.4, -0.2) is 16.2 Å². The van der Waals surface area contributed by atoms with Crippen LogP contribution in [0.5, 0.6) is 0 Å². The van der Waals surface area contributed by atoms with Crippen molar-refractivity contribution in [2.24, 2.45) is 4.99 Å². The maximum Gasteiger partial charge on any atom is 0.249 e. The van der Waals surface area contributed by atoms with Crippen molar-refractivity contribution in [3.05, 3.63) is 60.4 Å². The van der Waals surface area contributed by atoms with E-state index in [0.29, 0.717) is 5.95 Å². The lowest BCUT2D eigenvalue weighted by molar-refractivity contribution is 1.14. The van der Waals surface area contributed by atoms with Gasteiger partial charge in [-0.1, -0.05) is 36.4 Å². The van der Waals surface area contributed by atoms with Gasteiger partial charge >= 0.3 is 0 Å². The molecule has 0 bridgehead atoms. The Morgan fingerprint density at radius 3 is 2.44 bits per heavy atom. The molecular formula is C13H11N3. The lowest BCUT2D eigenvalue weighted by Crippen LogP contribution is -1.77. The van der Waals surface area contributed by atoms with Crippen LogP contribution in [0.1, 0.15) is 5.56 Å². The smallest absolute Gasteiger partial charge is 0.220 e. The number of allylic oxidation sites excluding steroid dienone is 1. The van der Waals surface area contributed by atoms with Crippen LogP contribution in [0.25, 0.3) is 6.08 Å². The fourth-order valence-corrected chi connectivity index (χ4v) is 1.19. The van der Waals surface area contributed by atoms with Gasteiger partial charge in [-0.25, -0.2) is 15.0 Å². The maximum atomic E-state index is 4.09. The van der Waals surface area contributed by atoms with E-state index in [0.717, 1.165) is 5.56 Å². The van der Waals surface area contributed by atoms with Crippen LogP contribution < -0.4 is 0 Å². The minimum atomic E-state index is 0.472. The normalized spacial score (nSPS) is 11.2. The molecule has 78 valence electrons. The summed E-state index contributed by atoms with van der Waals surface area (Å²) in [5, 5.41) is 0. The van der Waals surface area contributed by atoms with E-state index in [2.05, 4.69) is 15.0 Å². The van der Waals surface area contributed by atoms with Crippen molar-refractivity contribution in [3.63, 3.8) is 0 Å². The Morgan fingerprint density at radius 1 is 0.938 bits per heavy atom. The molecule has 0 aliphatic heterocycles. The molecule has 0 aliphatic rings. The first kappa shape index (κ1) is 10.2. The summed E-state index contributed by atoms with van der Waals surface area (Å²) in [4.78, 5) is 12.0. The molecule has 0 amide bonds. The van der Waals surface area contributed by atoms with Gasteiger partial charge in [0.05, 0.1) is 0 Å². The van der Waals surface area contributed by atoms with Crippen molar-refractivity contribution < 1.29 is 0 Å². The van der Waals surface area contributed by atoms with E-state index in [1.165, 1.54) is 0 Å². The van der Waals surface area contributed by atoms with Crippen LogP contribution in [0.2, 0.25) is 0 Å². The van der Waals surface area contributed by atoms with Crippen molar-refractivity contribution >= 4 is 18.2 Å². The molecule has 0 atom stereocenters. The minimum absolute atomic E-state index is 0.472. The third kappa shape index (κ3) is 3.13. The van der Waals surface area contributed by atoms with E-state index >= 15 is 0 Å². The van der Waals surface area contributed by atoms with Gasteiger partial charge in [-0.3, -0.25) is 0 Å². The Bertz CT molecular complexity index is 428. The average Bonchev–Trinajstić information content (AvgIpc) is 2.37. The van der Waals surface area contributed by atoms with Gasteiger partial charge in [-0.2, -0.15) is 0 Å². The third-order valence-corrected chi connectivity index (χ3v) is 1.92. The molecule has 3 nitrogen and oxygen atoms in total. The standard InChI is InChI=1S/C13H11N3/c1-2-6-12(7-3-1)8-4-9-14-13-15-10-5-11-16-13/h1-11H. The van der Waals surface area contributed by atoms with Crippen molar-refractivity contribution in [1.82, 2.24) is 9.97 Å². The number of rotatable bonds is 3. The first-order chi connectivity index (χ1) is 7.95. The molecule has 3 heteroatoms. The second-order valence-electron chi connectivity index (χ2n) is 3.10. The van der Waals surface area contributed by atoms with Crippen LogP contribution in [-0.2, 0) is 0 Å². The third-order valence-electron chi connectivity index (χ3n) is 1.92. The molecule has 0 radical (unpaired) electrons. The fourth-order valence-electron chi connectivity index (χ4n) is 1.19. The van der Waals surface area contributed by atoms with Crippen molar-refractivity contribution in [2.45, 2.75) is 0 Å². The van der Waals surface area contributed by atoms with Crippen molar-refractivity contribution in [2.75, 3.05) is 0 Å². The zero-order valence-electron chi connectivity index (χ0n) is 8.69. The van der Waals surface area contributed by atoms with Gasteiger partial charge < -0.3 is 0 Å². The Labute approximate surface area is 94.2 Å². The topological polar surface area (TPSA) is 38.1 Å². The first-order valence-electron chi connectivity index (χ1n) is 4.98. The molecule has 0 spiro atoms. The largest absolute Gasteiger partial charge is 0.249 e. The number of benzene rings is 1. The highest BCUT2D eigenvalue weighted by Crippen LogP contribution is 2.01. The highest BCUT2D eigenvalue weighted by molar-refractivity contribution is 5.79. The predicted molar refractivity (Wildman–Crippen MR) is 65.7 cm³/mol. The number of nitrogens with zero attached hydrogens (tertiary/aromatic N) is 3. The van der Waals surface area contributed by atoms with Crippen LogP contribution in [0.4, 0.5) is 5.95 Å². The van der Waals surface area contributed by atoms with E-state index in [1.807, 2.05) is 42.5 Å². The van der Waals surface area contributed by atoms with Gasteiger partial charge in [0, 0.05) is 18.6 Å². The Morgan fingerprint density at radius 2 is 1.69 bits per heavy atom. The molecule has 1 aromatic carbocycles. The molecule has 0 saturated carbocycles. The predicted octanol–water partition coefficient (Wildman–Crippen LogP) is 2.89. The highest BCUT2D eigenvalue weighted by atomic mass is 15.0. The lowest BCUT2D eigenvalue weighted by Gasteiger charge is -1.89. The first-order valence-corrected chi connectivity index (χ1v) is 4.98. The molecular weight excluding hydrogens is 198 g/mol. The van der Waals surface area contributed by atoms with Crippen LogP contribution in [0.15, 0.2) is 59.9 Å². The number of hydrogen-bond acceptors (Lipinski definition) is 3. The number of aromatic nitrogens is 2. The molecule has 0 saturated heterocycles. The molecule has 0 unspecified atom stereocenters. The van der Waals surface area contributed by atoms with E-state index in [9.17, 15) is 0 Å². The summed E-state index contributed by atoms with van der Waals surface area (Å²) in [5.74, 6) is 0.472. The minimum Gasteiger partial charge on any atom is -0.220 e. The lowest BCUT2D eigenvalue weighted by atomic mass is 10.2. The molecule has 0 N–H and O–H groups in total. The van der Waals surface area contributed by atoms with Crippen LogP contribution in [0, 0.1) is 0 Å². The van der Waals surface area contributed by atoms with Gasteiger partial charge in [0.2, 0.25) is 5.95 Å². The van der Waals surface area contributed by atoms with Crippen molar-refractivity contribution in [3.8, 4) is 0 Å². The zero-order valence-corrected chi connectivity index (χ0v) is 8.69. The van der Waals surface area contributed by atoms with Gasteiger partial charge in [0.15, 0.2) is 0 Å². The number of aliphatic imine (C=N–C) groups is 1. The number of hydrogen-bond donors (Lipinski definition) is 0. The average molecular weight is 209 g/mol. The molecule has 1 aromatic heterocycles. The Balaban J connectivity index is 1.98. The molecule has 0 aliphatic carbocycles. The zero-order chi connectivity index (χ0) is 11.1. The van der Waals surface area contributed by atoms with Crippen LogP contribution in [0.3, 0.4) is 0 Å². The SMILES string of the molecule is C(=Cc1ccccc1)C=Nc1ncccn1. The molecule has 2 aromatic rings. The van der Waals surface area contributed by atoms with Crippen molar-refractivity contribution in [1.29, 1.82) is 0 Å². The summed E-state index contributed by atoms with van der Waals surface area (Å²) < 4.78 is 0. The summed E-state index contributed by atoms with van der Waals surface area (Å²) >= 11 is 0. The molecule has 0 fully saturated rings. The Kier molecular flexibility index (Phi) is 3.55. The summed E-state index contributed by atoms with van der Waals surface area (Å²) in [5.41, 5.74) is 1.14. The van der Waals surface area contributed by atoms with Gasteiger partial charge in [0.25, 0.3) is 0 Å². The second kappa shape index (κ2) is 5.56. The summed E-state index contributed by atoms with van der Waals surface area (Å²) in [6.07, 6.45) is 8.86. The van der Waals surface area contributed by atoms with E-state index < -0.39 is 0 Å². The van der Waals surface area contributed by atoms with E-state index in [1.54, 1.807) is 24.7 Å². The summed E-state index contributed by atoms with van der Waals surface area (Å²) in [6.45, 7) is 0. The Hall–Kier alpha value is -2.29. The van der Waals surface area contributed by atoms with Gasteiger partial charge in [-0.05, 0) is 17.7 Å². The second-order valence-corrected chi connectivity index (χ2v) is 3.10. The van der Waals surface area contributed by atoms with Crippen LogP contribution >= 0.6 is 0 Å². The van der Waals surface area contributed by atoms with E-state index in [-0.39, 0.29) is 0 Å². The summed E-state index contributed by atoms with van der Waals surface area (Å²) in [7, 11) is 0. The van der Waals surface area contributed by atoms with Gasteiger partial charge in [-0.15, -0.1) is 0 Å². The van der Waals surface area contributed by atoms with Gasteiger partial charge in [0.1, 0.15) is 0 Å². The molecule has 1 heterocycles.